The molecule has 1 amide bonds. The molecule has 0 bridgehead atoms. The van der Waals surface area contributed by atoms with Crippen molar-refractivity contribution >= 4 is 56.5 Å². The maximum Gasteiger partial charge on any atom is 0.338 e. The molecule has 0 N–H and O–H groups in total. The van der Waals surface area contributed by atoms with E-state index in [1.807, 2.05) is 55.5 Å². The molecule has 9 heteroatoms. The molecule has 0 saturated carbocycles. The highest BCUT2D eigenvalue weighted by Crippen LogP contribution is 2.35. The number of ether oxygens (including phenoxy) is 3. The molecule has 1 aliphatic rings. The van der Waals surface area contributed by atoms with Crippen LogP contribution in [0, 0.1) is 0 Å². The third-order valence-corrected chi connectivity index (χ3v) is 7.07. The predicted octanol–water partition coefficient (Wildman–Crippen LogP) is 6.84. The number of esters is 1. The third kappa shape index (κ3) is 6.85. The van der Waals surface area contributed by atoms with Gasteiger partial charge in [-0.3, -0.25) is 9.69 Å². The van der Waals surface area contributed by atoms with Crippen molar-refractivity contribution in [1.82, 2.24) is 4.90 Å². The summed E-state index contributed by atoms with van der Waals surface area (Å²) < 4.78 is 17.9. The van der Waals surface area contributed by atoms with Crippen molar-refractivity contribution in [2.75, 3.05) is 20.3 Å². The number of carbonyl (C=O) groups is 2. The van der Waals surface area contributed by atoms with E-state index in [0.717, 1.165) is 15.6 Å². The summed E-state index contributed by atoms with van der Waals surface area (Å²) in [5, 5.41) is 0.546. The van der Waals surface area contributed by atoms with Crippen molar-refractivity contribution in [3.05, 3.63) is 92.8 Å². The first-order valence-corrected chi connectivity index (χ1v) is 13.7. The van der Waals surface area contributed by atoms with Gasteiger partial charge < -0.3 is 14.2 Å². The Hall–Kier alpha value is -3.56. The molecule has 3 aromatic carbocycles. The smallest absolute Gasteiger partial charge is 0.338 e. The second-order valence-corrected chi connectivity index (χ2v) is 10.1. The number of rotatable bonds is 9. The Morgan fingerprint density at radius 2 is 1.71 bits per heavy atom. The molecular formula is C29H27BrN2O5S. The molecule has 196 valence electrons. The Morgan fingerprint density at radius 3 is 2.39 bits per heavy atom. The first-order chi connectivity index (χ1) is 18.4. The fourth-order valence-corrected chi connectivity index (χ4v) is 4.79. The van der Waals surface area contributed by atoms with Crippen LogP contribution in [0.2, 0.25) is 0 Å². The zero-order valence-corrected chi connectivity index (χ0v) is 23.7. The summed E-state index contributed by atoms with van der Waals surface area (Å²) in [6.45, 7) is 4.88. The van der Waals surface area contributed by atoms with Crippen molar-refractivity contribution in [1.29, 1.82) is 0 Å². The Bertz CT molecular complexity index is 1370. The van der Waals surface area contributed by atoms with Crippen LogP contribution in [0.4, 0.5) is 5.69 Å². The number of nitrogens with zero attached hydrogens (tertiary/aromatic N) is 2. The van der Waals surface area contributed by atoms with Gasteiger partial charge >= 0.3 is 5.97 Å². The fraction of sp³-hybridized carbons (Fsp3) is 0.207. The molecule has 1 saturated heterocycles. The summed E-state index contributed by atoms with van der Waals surface area (Å²) in [4.78, 5) is 31.4. The molecular weight excluding hydrogens is 568 g/mol. The van der Waals surface area contributed by atoms with E-state index in [4.69, 9.17) is 14.2 Å². The van der Waals surface area contributed by atoms with Crippen LogP contribution in [0.1, 0.15) is 35.3 Å². The minimum atomic E-state index is -0.379. The molecule has 1 aliphatic heterocycles. The van der Waals surface area contributed by atoms with Gasteiger partial charge in [-0.05, 0) is 91.3 Å². The summed E-state index contributed by atoms with van der Waals surface area (Å²) in [7, 11) is 1.69. The minimum absolute atomic E-state index is 0.148. The average molecular weight is 596 g/mol. The van der Waals surface area contributed by atoms with Crippen molar-refractivity contribution in [2.24, 2.45) is 4.99 Å². The lowest BCUT2D eigenvalue weighted by Gasteiger charge is -2.13. The molecule has 3 aromatic rings. The van der Waals surface area contributed by atoms with E-state index < -0.39 is 0 Å². The highest BCUT2D eigenvalue weighted by molar-refractivity contribution is 9.10. The van der Waals surface area contributed by atoms with Crippen LogP contribution in [0.15, 0.2) is 81.1 Å². The Kier molecular flexibility index (Phi) is 9.25. The lowest BCUT2D eigenvalue weighted by molar-refractivity contribution is -0.121. The van der Waals surface area contributed by atoms with Gasteiger partial charge in [-0.25, -0.2) is 9.79 Å². The number of benzene rings is 3. The van der Waals surface area contributed by atoms with Crippen molar-refractivity contribution < 1.29 is 23.8 Å². The van der Waals surface area contributed by atoms with Crippen molar-refractivity contribution in [3.63, 3.8) is 0 Å². The van der Waals surface area contributed by atoms with Gasteiger partial charge in [-0.15, -0.1) is 0 Å². The highest BCUT2D eigenvalue weighted by Gasteiger charge is 2.30. The van der Waals surface area contributed by atoms with Crippen LogP contribution >= 0.6 is 27.7 Å². The Balaban J connectivity index is 1.50. The molecule has 0 spiro atoms. The first kappa shape index (κ1) is 27.5. The van der Waals surface area contributed by atoms with Crippen LogP contribution in [-0.2, 0) is 16.1 Å². The Morgan fingerprint density at radius 1 is 0.974 bits per heavy atom. The van der Waals surface area contributed by atoms with Gasteiger partial charge in [0, 0.05) is 11.5 Å². The number of aliphatic imine (C=N–C) groups is 1. The fourth-order valence-electron chi connectivity index (χ4n) is 3.54. The molecule has 1 fully saturated rings. The number of hydrogen-bond donors (Lipinski definition) is 0. The van der Waals surface area contributed by atoms with E-state index in [1.165, 1.54) is 16.7 Å². The van der Waals surface area contributed by atoms with Crippen LogP contribution < -0.4 is 9.47 Å². The molecule has 0 atom stereocenters. The molecule has 0 aliphatic carbocycles. The molecule has 7 nitrogen and oxygen atoms in total. The maximum absolute atomic E-state index is 12.9. The molecule has 0 aromatic heterocycles. The predicted molar refractivity (Wildman–Crippen MR) is 154 cm³/mol. The van der Waals surface area contributed by atoms with Gasteiger partial charge in [0.15, 0.2) is 16.7 Å². The van der Waals surface area contributed by atoms with Crippen molar-refractivity contribution in [2.45, 2.75) is 20.5 Å². The first-order valence-electron chi connectivity index (χ1n) is 12.1. The van der Waals surface area contributed by atoms with Crippen LogP contribution in [0.25, 0.3) is 6.08 Å². The number of likely N-dealkylation sites (N-methyl/N-ethyl adjacent to an activating group) is 1. The molecule has 0 unspecified atom stereocenters. The summed E-state index contributed by atoms with van der Waals surface area (Å²) in [5.41, 5.74) is 2.94. The van der Waals surface area contributed by atoms with E-state index >= 15 is 0 Å². The summed E-state index contributed by atoms with van der Waals surface area (Å²) in [6.07, 6.45) is 1.82. The molecule has 0 radical (unpaired) electrons. The monoisotopic (exact) mass is 594 g/mol. The maximum atomic E-state index is 12.9. The lowest BCUT2D eigenvalue weighted by Crippen LogP contribution is -2.23. The highest BCUT2D eigenvalue weighted by atomic mass is 79.9. The second-order valence-electron chi connectivity index (χ2n) is 8.19. The number of carbonyl (C=O) groups excluding carboxylic acids is 2. The zero-order valence-electron chi connectivity index (χ0n) is 21.3. The topological polar surface area (TPSA) is 77.4 Å². The minimum Gasteiger partial charge on any atom is -0.490 e. The van der Waals surface area contributed by atoms with E-state index in [-0.39, 0.29) is 11.9 Å². The van der Waals surface area contributed by atoms with Gasteiger partial charge in [0.2, 0.25) is 0 Å². The van der Waals surface area contributed by atoms with Gasteiger partial charge in [-0.1, -0.05) is 34.1 Å². The van der Waals surface area contributed by atoms with Crippen LogP contribution in [0.3, 0.4) is 0 Å². The van der Waals surface area contributed by atoms with Gasteiger partial charge in [0.25, 0.3) is 5.91 Å². The number of amidine groups is 1. The summed E-state index contributed by atoms with van der Waals surface area (Å²) in [6, 6.07) is 20.3. The van der Waals surface area contributed by atoms with Gasteiger partial charge in [-0.2, -0.15) is 0 Å². The zero-order chi connectivity index (χ0) is 27.1. The quantitative estimate of drug-likeness (QED) is 0.199. The van der Waals surface area contributed by atoms with E-state index in [0.29, 0.717) is 52.6 Å². The molecule has 1 heterocycles. The molecule has 38 heavy (non-hydrogen) atoms. The van der Waals surface area contributed by atoms with E-state index in [2.05, 4.69) is 20.9 Å². The second kappa shape index (κ2) is 12.8. The number of amides is 1. The third-order valence-electron chi connectivity index (χ3n) is 5.48. The van der Waals surface area contributed by atoms with Crippen LogP contribution in [-0.4, -0.2) is 42.2 Å². The summed E-state index contributed by atoms with van der Waals surface area (Å²) in [5.74, 6) is 0.715. The van der Waals surface area contributed by atoms with E-state index in [9.17, 15) is 9.59 Å². The standard InChI is InChI=1S/C29H27BrN2O5S/c1-4-35-25-16-20(8-15-24(25)37-18-19-6-11-22(30)12-7-19)17-26-27(33)32(3)29(38-26)31-23-13-9-21(10-14-23)28(34)36-5-2/h6-17H,4-5,18H2,1-3H3. The number of halogens is 1. The summed E-state index contributed by atoms with van der Waals surface area (Å²) >= 11 is 4.73. The van der Waals surface area contributed by atoms with Crippen molar-refractivity contribution in [3.8, 4) is 11.5 Å². The Labute approximate surface area is 234 Å². The number of hydrogen-bond acceptors (Lipinski definition) is 7. The largest absolute Gasteiger partial charge is 0.490 e. The van der Waals surface area contributed by atoms with Gasteiger partial charge in [0.05, 0.1) is 29.4 Å². The van der Waals surface area contributed by atoms with Gasteiger partial charge in [0.1, 0.15) is 6.61 Å². The van der Waals surface area contributed by atoms with E-state index in [1.54, 1.807) is 38.2 Å². The lowest BCUT2D eigenvalue weighted by atomic mass is 10.1. The molecule has 4 rings (SSSR count). The number of thioether (sulfide) groups is 1. The van der Waals surface area contributed by atoms with Crippen LogP contribution in [0.5, 0.6) is 11.5 Å². The average Bonchev–Trinajstić information content (AvgIpc) is 3.17. The SMILES string of the molecule is CCOC(=O)c1ccc(N=C2SC(=Cc3ccc(OCc4ccc(Br)cc4)c(OCC)c3)C(=O)N2C)cc1. The normalized spacial score (nSPS) is 15.3.